The Hall–Kier alpha value is -1.14. The molecule has 1 unspecified atom stereocenters. The van der Waals surface area contributed by atoms with Crippen LogP contribution < -0.4 is 16.6 Å². The average molecular weight is 329 g/mol. The van der Waals surface area contributed by atoms with Crippen LogP contribution in [0.3, 0.4) is 0 Å². The molecule has 0 fully saturated rings. The van der Waals surface area contributed by atoms with Crippen molar-refractivity contribution in [2.45, 2.75) is 27.7 Å². The van der Waals surface area contributed by atoms with Gasteiger partial charge in [0.2, 0.25) is 0 Å². The van der Waals surface area contributed by atoms with Crippen molar-refractivity contribution in [3.05, 3.63) is 22.3 Å². The van der Waals surface area contributed by atoms with Crippen molar-refractivity contribution in [2.24, 2.45) is 17.2 Å². The standard InChI is InChI=1S/C13H21BrN4O/c1-8(13(2,3)4)6-17-12(19)10-5-9(14)7-16-11(10)18-15/h5,7-8H,6,15H2,1-4H3,(H,16,18)(H,17,19). The maximum Gasteiger partial charge on any atom is 0.255 e. The van der Waals surface area contributed by atoms with E-state index in [1.54, 1.807) is 12.3 Å². The van der Waals surface area contributed by atoms with Gasteiger partial charge in [-0.25, -0.2) is 10.8 Å². The number of nitrogens with one attached hydrogen (secondary N) is 2. The lowest BCUT2D eigenvalue weighted by molar-refractivity contribution is 0.0937. The Balaban J connectivity index is 2.76. The number of halogens is 1. The molecule has 1 aromatic rings. The van der Waals surface area contributed by atoms with Gasteiger partial charge in [-0.3, -0.25) is 4.79 Å². The summed E-state index contributed by atoms with van der Waals surface area (Å²) in [7, 11) is 0. The molecule has 5 nitrogen and oxygen atoms in total. The van der Waals surface area contributed by atoms with Crippen LogP contribution in [-0.4, -0.2) is 17.4 Å². The molecule has 0 aliphatic heterocycles. The second-order valence-electron chi connectivity index (χ2n) is 5.67. The number of amides is 1. The second-order valence-corrected chi connectivity index (χ2v) is 6.59. The fourth-order valence-electron chi connectivity index (χ4n) is 1.37. The number of anilines is 1. The fraction of sp³-hybridized carbons (Fsp3) is 0.538. The molecule has 0 saturated heterocycles. The Bertz CT molecular complexity index is 456. The van der Waals surface area contributed by atoms with Crippen LogP contribution >= 0.6 is 15.9 Å². The third kappa shape index (κ3) is 4.47. The zero-order valence-electron chi connectivity index (χ0n) is 11.7. The van der Waals surface area contributed by atoms with Crippen molar-refractivity contribution < 1.29 is 4.79 Å². The molecule has 0 aliphatic carbocycles. The minimum absolute atomic E-state index is 0.151. The van der Waals surface area contributed by atoms with E-state index >= 15 is 0 Å². The van der Waals surface area contributed by atoms with E-state index in [1.165, 1.54) is 0 Å². The summed E-state index contributed by atoms with van der Waals surface area (Å²) < 4.78 is 0.737. The Morgan fingerprint density at radius 1 is 1.53 bits per heavy atom. The first-order chi connectivity index (χ1) is 8.75. The van der Waals surface area contributed by atoms with E-state index in [0.717, 1.165) is 4.47 Å². The highest BCUT2D eigenvalue weighted by atomic mass is 79.9. The molecule has 0 spiro atoms. The fourth-order valence-corrected chi connectivity index (χ4v) is 1.71. The number of pyridine rings is 1. The Kier molecular flexibility index (Phi) is 5.31. The van der Waals surface area contributed by atoms with Gasteiger partial charge in [-0.2, -0.15) is 0 Å². The molecule has 0 radical (unpaired) electrons. The van der Waals surface area contributed by atoms with Gasteiger partial charge in [-0.1, -0.05) is 27.7 Å². The summed E-state index contributed by atoms with van der Waals surface area (Å²) in [5.41, 5.74) is 3.01. The molecule has 1 atom stereocenters. The van der Waals surface area contributed by atoms with Crippen molar-refractivity contribution >= 4 is 27.7 Å². The van der Waals surface area contributed by atoms with Crippen LogP contribution in [0.2, 0.25) is 0 Å². The molecule has 19 heavy (non-hydrogen) atoms. The lowest BCUT2D eigenvalue weighted by atomic mass is 9.82. The van der Waals surface area contributed by atoms with E-state index < -0.39 is 0 Å². The maximum absolute atomic E-state index is 12.1. The van der Waals surface area contributed by atoms with Crippen LogP contribution in [0.5, 0.6) is 0 Å². The van der Waals surface area contributed by atoms with E-state index in [2.05, 4.69) is 59.4 Å². The van der Waals surface area contributed by atoms with Crippen LogP contribution in [-0.2, 0) is 0 Å². The molecule has 1 rings (SSSR count). The highest BCUT2D eigenvalue weighted by molar-refractivity contribution is 9.10. The molecule has 1 heterocycles. The van der Waals surface area contributed by atoms with Crippen LogP contribution in [0.1, 0.15) is 38.1 Å². The summed E-state index contributed by atoms with van der Waals surface area (Å²) in [6, 6.07) is 1.69. The van der Waals surface area contributed by atoms with Gasteiger partial charge in [0, 0.05) is 17.2 Å². The van der Waals surface area contributed by atoms with Gasteiger partial charge in [-0.15, -0.1) is 0 Å². The van der Waals surface area contributed by atoms with Crippen LogP contribution in [0.15, 0.2) is 16.7 Å². The number of hydrazine groups is 1. The first-order valence-electron chi connectivity index (χ1n) is 6.16. The SMILES string of the molecule is CC(CNC(=O)c1cc(Br)cnc1NN)C(C)(C)C. The van der Waals surface area contributed by atoms with Gasteiger partial charge in [0.15, 0.2) is 5.82 Å². The average Bonchev–Trinajstić information content (AvgIpc) is 2.34. The number of aromatic nitrogens is 1. The molecule has 4 N–H and O–H groups in total. The van der Waals surface area contributed by atoms with Crippen molar-refractivity contribution in [1.82, 2.24) is 10.3 Å². The maximum atomic E-state index is 12.1. The first-order valence-corrected chi connectivity index (χ1v) is 6.95. The van der Waals surface area contributed by atoms with E-state index in [0.29, 0.717) is 23.8 Å². The van der Waals surface area contributed by atoms with Gasteiger partial charge < -0.3 is 10.7 Å². The van der Waals surface area contributed by atoms with Crippen molar-refractivity contribution in [2.75, 3.05) is 12.0 Å². The number of nitrogens with two attached hydrogens (primary N) is 1. The Morgan fingerprint density at radius 2 is 2.16 bits per heavy atom. The number of rotatable bonds is 4. The number of carbonyl (C=O) groups is 1. The predicted octanol–water partition coefficient (Wildman–Crippen LogP) is 2.54. The highest BCUT2D eigenvalue weighted by Crippen LogP contribution is 2.24. The summed E-state index contributed by atoms with van der Waals surface area (Å²) >= 11 is 3.29. The van der Waals surface area contributed by atoms with Gasteiger partial charge >= 0.3 is 0 Å². The zero-order valence-corrected chi connectivity index (χ0v) is 13.3. The molecule has 1 amide bonds. The largest absolute Gasteiger partial charge is 0.352 e. The molecular formula is C13H21BrN4O. The van der Waals surface area contributed by atoms with E-state index in [1.807, 2.05) is 0 Å². The smallest absolute Gasteiger partial charge is 0.255 e. The van der Waals surface area contributed by atoms with E-state index in [-0.39, 0.29) is 11.3 Å². The zero-order chi connectivity index (χ0) is 14.6. The molecule has 0 saturated carbocycles. The number of hydrogen-bond acceptors (Lipinski definition) is 4. The van der Waals surface area contributed by atoms with Gasteiger partial charge in [0.25, 0.3) is 5.91 Å². The third-order valence-electron chi connectivity index (χ3n) is 3.28. The molecule has 0 aromatic carbocycles. The van der Waals surface area contributed by atoms with E-state index in [9.17, 15) is 4.79 Å². The van der Waals surface area contributed by atoms with Crippen molar-refractivity contribution in [3.8, 4) is 0 Å². The molecule has 106 valence electrons. The lowest BCUT2D eigenvalue weighted by Crippen LogP contribution is -2.34. The predicted molar refractivity (Wildman–Crippen MR) is 80.7 cm³/mol. The summed E-state index contributed by atoms with van der Waals surface area (Å²) in [6.45, 7) is 9.17. The summed E-state index contributed by atoms with van der Waals surface area (Å²) in [6.07, 6.45) is 1.59. The topological polar surface area (TPSA) is 80.0 Å². The number of hydrogen-bond donors (Lipinski definition) is 3. The molecule has 0 bridgehead atoms. The molecular weight excluding hydrogens is 308 g/mol. The molecule has 1 aromatic heterocycles. The molecule has 0 aliphatic rings. The Labute approximate surface area is 122 Å². The summed E-state index contributed by atoms with van der Waals surface area (Å²) in [5.74, 6) is 5.90. The summed E-state index contributed by atoms with van der Waals surface area (Å²) in [5, 5.41) is 2.91. The van der Waals surface area contributed by atoms with Gasteiger partial charge in [0.05, 0.1) is 5.56 Å². The van der Waals surface area contributed by atoms with Gasteiger partial charge in [-0.05, 0) is 33.3 Å². The van der Waals surface area contributed by atoms with Crippen LogP contribution in [0.4, 0.5) is 5.82 Å². The monoisotopic (exact) mass is 328 g/mol. The van der Waals surface area contributed by atoms with Gasteiger partial charge in [0.1, 0.15) is 0 Å². The quantitative estimate of drug-likeness (QED) is 0.586. The number of nitrogen functional groups attached to an aromatic ring is 1. The summed E-state index contributed by atoms with van der Waals surface area (Å²) in [4.78, 5) is 16.2. The van der Waals surface area contributed by atoms with Crippen LogP contribution in [0.25, 0.3) is 0 Å². The van der Waals surface area contributed by atoms with E-state index in [4.69, 9.17) is 5.84 Å². The number of carbonyl (C=O) groups excluding carboxylic acids is 1. The number of nitrogens with zero attached hydrogens (tertiary/aromatic N) is 1. The first kappa shape index (κ1) is 15.9. The van der Waals surface area contributed by atoms with Crippen molar-refractivity contribution in [3.63, 3.8) is 0 Å². The highest BCUT2D eigenvalue weighted by Gasteiger charge is 2.21. The normalized spacial score (nSPS) is 12.9. The third-order valence-corrected chi connectivity index (χ3v) is 3.72. The molecule has 6 heteroatoms. The lowest BCUT2D eigenvalue weighted by Gasteiger charge is -2.27. The Morgan fingerprint density at radius 3 is 2.68 bits per heavy atom. The minimum Gasteiger partial charge on any atom is -0.352 e. The van der Waals surface area contributed by atoms with Crippen LogP contribution in [0, 0.1) is 11.3 Å². The van der Waals surface area contributed by atoms with Crippen molar-refractivity contribution in [1.29, 1.82) is 0 Å². The minimum atomic E-state index is -0.183. The second kappa shape index (κ2) is 6.34.